The molecule has 0 saturated carbocycles. The quantitative estimate of drug-likeness (QED) is 0.467. The van der Waals surface area contributed by atoms with Crippen molar-refractivity contribution in [1.29, 1.82) is 0 Å². The van der Waals surface area contributed by atoms with Gasteiger partial charge in [0.2, 0.25) is 5.91 Å². The van der Waals surface area contributed by atoms with E-state index in [-0.39, 0.29) is 11.7 Å². The number of nitrogens with one attached hydrogen (secondary N) is 2. The van der Waals surface area contributed by atoms with Crippen LogP contribution < -0.4 is 5.32 Å². The number of amides is 1. The van der Waals surface area contributed by atoms with E-state index in [2.05, 4.69) is 37.3 Å². The van der Waals surface area contributed by atoms with Gasteiger partial charge in [0.1, 0.15) is 5.82 Å². The standard InChI is InChI=1S/C24H25FN6OS/c1-15-23(33-24(26-15)27-21(32)14-31-10-8-30(2)9-11-31)17-6-7-19-20(13-17)28-29-22(19)16-4-3-5-18(25)12-16/h3-7,12-13H,8-11,14H2,1-2H3,(H,28,29)(H,26,27,32). The second-order valence-corrected chi connectivity index (χ2v) is 9.40. The lowest BCUT2D eigenvalue weighted by Gasteiger charge is -2.31. The van der Waals surface area contributed by atoms with Gasteiger partial charge in [-0.1, -0.05) is 29.5 Å². The third-order valence-corrected chi connectivity index (χ3v) is 7.05. The molecule has 4 aromatic rings. The molecule has 1 aliphatic rings. The SMILES string of the molecule is Cc1nc(NC(=O)CN2CCN(C)CC2)sc1-c1ccc2c(-c3cccc(F)c3)n[nH]c2c1. The Balaban J connectivity index is 1.33. The molecular weight excluding hydrogens is 439 g/mol. The first-order chi connectivity index (χ1) is 16.0. The molecular formula is C24H25FN6OS. The highest BCUT2D eigenvalue weighted by Crippen LogP contribution is 2.35. The largest absolute Gasteiger partial charge is 0.304 e. The van der Waals surface area contributed by atoms with Crippen molar-refractivity contribution >= 4 is 33.3 Å². The second-order valence-electron chi connectivity index (χ2n) is 8.40. The number of carbonyl (C=O) groups excluding carboxylic acids is 1. The number of hydrogen-bond acceptors (Lipinski definition) is 6. The fraction of sp³-hybridized carbons (Fsp3) is 0.292. The Morgan fingerprint density at radius 3 is 2.76 bits per heavy atom. The number of anilines is 1. The molecule has 0 radical (unpaired) electrons. The number of halogens is 1. The highest BCUT2D eigenvalue weighted by Gasteiger charge is 2.19. The normalized spacial score (nSPS) is 15.2. The monoisotopic (exact) mass is 464 g/mol. The Kier molecular flexibility index (Phi) is 5.92. The number of carbonyl (C=O) groups is 1. The number of rotatable bonds is 5. The van der Waals surface area contributed by atoms with Crippen LogP contribution in [0.4, 0.5) is 9.52 Å². The number of likely N-dealkylation sites (N-methyl/N-ethyl adjacent to an activating group) is 1. The lowest BCUT2D eigenvalue weighted by atomic mass is 10.1. The zero-order valence-corrected chi connectivity index (χ0v) is 19.4. The Morgan fingerprint density at radius 1 is 1.15 bits per heavy atom. The number of benzene rings is 2. The smallest absolute Gasteiger partial charge is 0.240 e. The second kappa shape index (κ2) is 9.01. The van der Waals surface area contributed by atoms with Crippen LogP contribution in [-0.2, 0) is 4.79 Å². The number of piperazine rings is 1. The van der Waals surface area contributed by atoms with Crippen LogP contribution in [0.15, 0.2) is 42.5 Å². The zero-order chi connectivity index (χ0) is 22.9. The maximum absolute atomic E-state index is 13.7. The van der Waals surface area contributed by atoms with Crippen LogP contribution in [0.1, 0.15) is 5.69 Å². The van der Waals surface area contributed by atoms with Crippen molar-refractivity contribution in [2.75, 3.05) is 45.1 Å². The van der Waals surface area contributed by atoms with E-state index in [9.17, 15) is 9.18 Å². The minimum Gasteiger partial charge on any atom is -0.304 e. The van der Waals surface area contributed by atoms with E-state index in [4.69, 9.17) is 0 Å². The molecule has 170 valence electrons. The minimum absolute atomic E-state index is 0.0383. The lowest BCUT2D eigenvalue weighted by molar-refractivity contribution is -0.117. The summed E-state index contributed by atoms with van der Waals surface area (Å²) < 4.78 is 13.7. The summed E-state index contributed by atoms with van der Waals surface area (Å²) in [5.41, 5.74) is 4.16. The molecule has 5 rings (SSSR count). The first kappa shape index (κ1) is 21.7. The van der Waals surface area contributed by atoms with Gasteiger partial charge in [-0.15, -0.1) is 0 Å². The molecule has 0 unspecified atom stereocenters. The van der Waals surface area contributed by atoms with E-state index in [0.29, 0.717) is 17.4 Å². The number of nitrogens with zero attached hydrogens (tertiary/aromatic N) is 4. The minimum atomic E-state index is -0.289. The van der Waals surface area contributed by atoms with Gasteiger partial charge in [0.25, 0.3) is 0 Å². The number of thiazole rings is 1. The first-order valence-corrected chi connectivity index (χ1v) is 11.7. The molecule has 2 aromatic carbocycles. The number of aromatic nitrogens is 3. The molecule has 7 nitrogen and oxygen atoms in total. The van der Waals surface area contributed by atoms with Gasteiger partial charge < -0.3 is 10.2 Å². The van der Waals surface area contributed by atoms with Crippen LogP contribution in [0.25, 0.3) is 32.6 Å². The predicted molar refractivity (Wildman–Crippen MR) is 130 cm³/mol. The molecule has 0 aliphatic carbocycles. The number of aryl methyl sites for hydroxylation is 1. The van der Waals surface area contributed by atoms with E-state index in [1.165, 1.54) is 23.5 Å². The van der Waals surface area contributed by atoms with Gasteiger partial charge in [-0.3, -0.25) is 14.8 Å². The summed E-state index contributed by atoms with van der Waals surface area (Å²) in [6.07, 6.45) is 0. The summed E-state index contributed by atoms with van der Waals surface area (Å²) in [6.45, 7) is 6.07. The molecule has 1 saturated heterocycles. The summed E-state index contributed by atoms with van der Waals surface area (Å²) in [5, 5.41) is 11.9. The van der Waals surface area contributed by atoms with E-state index in [0.717, 1.165) is 58.8 Å². The molecule has 0 spiro atoms. The lowest BCUT2D eigenvalue weighted by Crippen LogP contribution is -2.47. The van der Waals surface area contributed by atoms with Crippen molar-refractivity contribution in [2.45, 2.75) is 6.92 Å². The van der Waals surface area contributed by atoms with Crippen molar-refractivity contribution < 1.29 is 9.18 Å². The molecule has 1 amide bonds. The molecule has 2 N–H and O–H groups in total. The van der Waals surface area contributed by atoms with Gasteiger partial charge in [-0.25, -0.2) is 9.37 Å². The van der Waals surface area contributed by atoms with Crippen LogP contribution in [0.3, 0.4) is 0 Å². The van der Waals surface area contributed by atoms with Gasteiger partial charge in [-0.05, 0) is 43.8 Å². The number of fused-ring (bicyclic) bond motifs is 1. The third kappa shape index (κ3) is 4.66. The molecule has 2 aromatic heterocycles. The van der Waals surface area contributed by atoms with Crippen molar-refractivity contribution in [3.05, 3.63) is 54.0 Å². The highest BCUT2D eigenvalue weighted by atomic mass is 32.1. The van der Waals surface area contributed by atoms with Crippen LogP contribution in [0, 0.1) is 12.7 Å². The molecule has 3 heterocycles. The highest BCUT2D eigenvalue weighted by molar-refractivity contribution is 7.19. The molecule has 1 fully saturated rings. The van der Waals surface area contributed by atoms with Crippen LogP contribution in [0.5, 0.6) is 0 Å². The average molecular weight is 465 g/mol. The molecule has 0 atom stereocenters. The van der Waals surface area contributed by atoms with E-state index >= 15 is 0 Å². The van der Waals surface area contributed by atoms with Gasteiger partial charge in [0, 0.05) is 37.1 Å². The van der Waals surface area contributed by atoms with Gasteiger partial charge in [-0.2, -0.15) is 5.10 Å². The van der Waals surface area contributed by atoms with Crippen LogP contribution in [-0.4, -0.2) is 70.7 Å². The molecule has 9 heteroatoms. The van der Waals surface area contributed by atoms with E-state index in [1.807, 2.05) is 31.2 Å². The van der Waals surface area contributed by atoms with Gasteiger partial charge >= 0.3 is 0 Å². The fourth-order valence-electron chi connectivity index (χ4n) is 4.10. The third-order valence-electron chi connectivity index (χ3n) is 5.93. The number of aromatic amines is 1. The summed E-state index contributed by atoms with van der Waals surface area (Å²) in [7, 11) is 2.10. The van der Waals surface area contributed by atoms with E-state index in [1.54, 1.807) is 6.07 Å². The fourth-order valence-corrected chi connectivity index (χ4v) is 5.08. The topological polar surface area (TPSA) is 77.2 Å². The Morgan fingerprint density at radius 2 is 1.97 bits per heavy atom. The van der Waals surface area contributed by atoms with Crippen molar-refractivity contribution in [3.8, 4) is 21.7 Å². The van der Waals surface area contributed by atoms with Crippen molar-refractivity contribution in [2.24, 2.45) is 0 Å². The predicted octanol–water partition coefficient (Wildman–Crippen LogP) is 3.99. The van der Waals surface area contributed by atoms with E-state index < -0.39 is 0 Å². The first-order valence-electron chi connectivity index (χ1n) is 10.9. The molecule has 1 aliphatic heterocycles. The van der Waals surface area contributed by atoms with Crippen LogP contribution >= 0.6 is 11.3 Å². The summed E-state index contributed by atoms with van der Waals surface area (Å²) in [4.78, 5) is 22.5. The van der Waals surface area contributed by atoms with Gasteiger partial charge in [0.05, 0.1) is 28.3 Å². The Hall–Kier alpha value is -3.14. The molecule has 33 heavy (non-hydrogen) atoms. The average Bonchev–Trinajstić information content (AvgIpc) is 3.38. The Labute approximate surface area is 195 Å². The maximum atomic E-state index is 13.7. The molecule has 0 bridgehead atoms. The summed E-state index contributed by atoms with van der Waals surface area (Å²) in [6, 6.07) is 12.4. The number of hydrogen-bond donors (Lipinski definition) is 2. The van der Waals surface area contributed by atoms with Gasteiger partial charge in [0.15, 0.2) is 5.13 Å². The Bertz CT molecular complexity index is 1310. The zero-order valence-electron chi connectivity index (χ0n) is 18.6. The number of H-pyrrole nitrogens is 1. The summed E-state index contributed by atoms with van der Waals surface area (Å²) in [5.74, 6) is -0.327. The summed E-state index contributed by atoms with van der Waals surface area (Å²) >= 11 is 1.46. The maximum Gasteiger partial charge on any atom is 0.240 e. The van der Waals surface area contributed by atoms with Crippen molar-refractivity contribution in [1.82, 2.24) is 25.0 Å². The van der Waals surface area contributed by atoms with Crippen LogP contribution in [0.2, 0.25) is 0 Å². The van der Waals surface area contributed by atoms with Crippen molar-refractivity contribution in [3.63, 3.8) is 0 Å².